The lowest BCUT2D eigenvalue weighted by Crippen LogP contribution is -2.43. The molecule has 0 saturated heterocycles. The van der Waals surface area contributed by atoms with Gasteiger partial charge in [0.2, 0.25) is 5.91 Å². The fourth-order valence-electron chi connectivity index (χ4n) is 3.83. The Balaban J connectivity index is 1.88. The van der Waals surface area contributed by atoms with Crippen LogP contribution in [0.25, 0.3) is 0 Å². The van der Waals surface area contributed by atoms with Gasteiger partial charge in [-0.05, 0) is 17.0 Å². The smallest absolute Gasteiger partial charge is 0.262 e. The molecule has 2 aromatic carbocycles. The van der Waals surface area contributed by atoms with Gasteiger partial charge in [0, 0.05) is 32.1 Å². The summed E-state index contributed by atoms with van der Waals surface area (Å²) >= 11 is 0. The molecular formula is C26H32FN3O3. The predicted molar refractivity (Wildman–Crippen MR) is 126 cm³/mol. The summed E-state index contributed by atoms with van der Waals surface area (Å²) in [5, 5.41) is 5.94. The van der Waals surface area contributed by atoms with Crippen LogP contribution in [0.5, 0.6) is 0 Å². The number of hydrogen-bond acceptors (Lipinski definition) is 4. The Morgan fingerprint density at radius 3 is 2.42 bits per heavy atom. The minimum atomic E-state index is -0.376. The number of halogens is 1. The average molecular weight is 454 g/mol. The zero-order chi connectivity index (χ0) is 24.0. The first-order valence-corrected chi connectivity index (χ1v) is 11.2. The number of rotatable bonds is 8. The van der Waals surface area contributed by atoms with Crippen LogP contribution in [-0.4, -0.2) is 54.2 Å². The second-order valence-electron chi connectivity index (χ2n) is 9.44. The maximum Gasteiger partial charge on any atom is 0.262 e. The number of carbonyl (C=O) groups excluding carboxylic acids is 2. The van der Waals surface area contributed by atoms with Crippen molar-refractivity contribution in [3.63, 3.8) is 0 Å². The SMILES string of the molecule is COCCN(CC(=O)N1N=C(c2ccccc2F)C[C@H]1c1ccccc1)C(=O)CC(C)(C)C. The number of hydrazone groups is 1. The van der Waals surface area contributed by atoms with Crippen LogP contribution in [0.3, 0.4) is 0 Å². The molecule has 176 valence electrons. The molecular weight excluding hydrogens is 421 g/mol. The van der Waals surface area contributed by atoms with Gasteiger partial charge in [-0.3, -0.25) is 9.59 Å². The third-order valence-electron chi connectivity index (χ3n) is 5.46. The lowest BCUT2D eigenvalue weighted by molar-refractivity contribution is -0.143. The molecule has 0 N–H and O–H groups in total. The minimum absolute atomic E-state index is 0.110. The summed E-state index contributed by atoms with van der Waals surface area (Å²) in [6.45, 7) is 6.48. The van der Waals surface area contributed by atoms with E-state index in [0.717, 1.165) is 5.56 Å². The molecule has 0 aromatic heterocycles. The molecule has 0 unspecified atom stereocenters. The molecule has 1 aliphatic heterocycles. The lowest BCUT2D eigenvalue weighted by Gasteiger charge is -2.29. The van der Waals surface area contributed by atoms with Crippen molar-refractivity contribution in [1.82, 2.24) is 9.91 Å². The van der Waals surface area contributed by atoms with E-state index >= 15 is 0 Å². The number of benzene rings is 2. The quantitative estimate of drug-likeness (QED) is 0.595. The number of nitrogens with zero attached hydrogens (tertiary/aromatic N) is 3. The van der Waals surface area contributed by atoms with E-state index in [-0.39, 0.29) is 35.6 Å². The summed E-state index contributed by atoms with van der Waals surface area (Å²) in [6, 6.07) is 15.6. The van der Waals surface area contributed by atoms with Crippen LogP contribution >= 0.6 is 0 Å². The van der Waals surface area contributed by atoms with Crippen molar-refractivity contribution in [2.24, 2.45) is 10.5 Å². The van der Waals surface area contributed by atoms with Gasteiger partial charge in [-0.25, -0.2) is 9.40 Å². The average Bonchev–Trinajstić information content (AvgIpc) is 3.21. The highest BCUT2D eigenvalue weighted by Crippen LogP contribution is 2.33. The van der Waals surface area contributed by atoms with Crippen LogP contribution < -0.4 is 0 Å². The summed E-state index contributed by atoms with van der Waals surface area (Å²) in [6.07, 6.45) is 0.709. The van der Waals surface area contributed by atoms with Gasteiger partial charge < -0.3 is 9.64 Å². The fraction of sp³-hybridized carbons (Fsp3) is 0.423. The van der Waals surface area contributed by atoms with Crippen molar-refractivity contribution in [1.29, 1.82) is 0 Å². The summed E-state index contributed by atoms with van der Waals surface area (Å²) < 4.78 is 19.6. The van der Waals surface area contributed by atoms with Gasteiger partial charge in [-0.1, -0.05) is 69.3 Å². The second-order valence-corrected chi connectivity index (χ2v) is 9.44. The van der Waals surface area contributed by atoms with Crippen molar-refractivity contribution >= 4 is 17.5 Å². The van der Waals surface area contributed by atoms with Crippen LogP contribution in [0.15, 0.2) is 59.7 Å². The van der Waals surface area contributed by atoms with Crippen molar-refractivity contribution in [3.05, 3.63) is 71.5 Å². The van der Waals surface area contributed by atoms with Gasteiger partial charge in [0.05, 0.1) is 18.4 Å². The van der Waals surface area contributed by atoms with E-state index in [9.17, 15) is 14.0 Å². The van der Waals surface area contributed by atoms with Gasteiger partial charge in [0.1, 0.15) is 12.4 Å². The Labute approximate surface area is 195 Å². The zero-order valence-corrected chi connectivity index (χ0v) is 19.8. The maximum atomic E-state index is 14.5. The highest BCUT2D eigenvalue weighted by Gasteiger charge is 2.35. The zero-order valence-electron chi connectivity index (χ0n) is 19.8. The molecule has 2 aromatic rings. The maximum absolute atomic E-state index is 14.5. The molecule has 1 atom stereocenters. The largest absolute Gasteiger partial charge is 0.383 e. The Morgan fingerprint density at radius 1 is 1.12 bits per heavy atom. The predicted octanol–water partition coefficient (Wildman–Crippen LogP) is 4.41. The summed E-state index contributed by atoms with van der Waals surface area (Å²) in [4.78, 5) is 27.9. The Hall–Kier alpha value is -3.06. The molecule has 1 heterocycles. The van der Waals surface area contributed by atoms with Crippen LogP contribution in [0.1, 0.15) is 50.8 Å². The molecule has 0 spiro atoms. The van der Waals surface area contributed by atoms with Crippen LogP contribution in [0.4, 0.5) is 4.39 Å². The molecule has 0 saturated carbocycles. The van der Waals surface area contributed by atoms with Crippen LogP contribution in [-0.2, 0) is 14.3 Å². The van der Waals surface area contributed by atoms with Gasteiger partial charge in [0.15, 0.2) is 0 Å². The summed E-state index contributed by atoms with van der Waals surface area (Å²) in [5.41, 5.74) is 1.60. The van der Waals surface area contributed by atoms with E-state index in [4.69, 9.17) is 4.74 Å². The third kappa shape index (κ3) is 6.48. The van der Waals surface area contributed by atoms with Gasteiger partial charge in [0.25, 0.3) is 5.91 Å². The topological polar surface area (TPSA) is 62.2 Å². The Bertz CT molecular complexity index is 1000. The summed E-state index contributed by atoms with van der Waals surface area (Å²) in [5.74, 6) is -0.797. The molecule has 0 radical (unpaired) electrons. The van der Waals surface area contributed by atoms with E-state index < -0.39 is 0 Å². The molecule has 33 heavy (non-hydrogen) atoms. The minimum Gasteiger partial charge on any atom is -0.383 e. The Morgan fingerprint density at radius 2 is 1.79 bits per heavy atom. The first-order chi connectivity index (χ1) is 15.7. The van der Waals surface area contributed by atoms with E-state index in [1.54, 1.807) is 25.3 Å². The van der Waals surface area contributed by atoms with Gasteiger partial charge in [-0.2, -0.15) is 5.10 Å². The van der Waals surface area contributed by atoms with Crippen molar-refractivity contribution < 1.29 is 18.7 Å². The first-order valence-electron chi connectivity index (χ1n) is 11.2. The van der Waals surface area contributed by atoms with Gasteiger partial charge in [-0.15, -0.1) is 0 Å². The third-order valence-corrected chi connectivity index (χ3v) is 5.46. The van der Waals surface area contributed by atoms with Crippen molar-refractivity contribution in [2.75, 3.05) is 26.8 Å². The molecule has 7 heteroatoms. The first kappa shape index (κ1) is 24.6. The van der Waals surface area contributed by atoms with Crippen molar-refractivity contribution in [2.45, 2.75) is 39.7 Å². The standard InChI is InChI=1S/C26H32FN3O3/c1-26(2,3)17-24(31)29(14-15-33-4)18-25(32)30-23(19-10-6-5-7-11-19)16-22(28-30)20-12-8-9-13-21(20)27/h5-13,23H,14-18H2,1-4H3/t23-/m0/s1. The van der Waals surface area contributed by atoms with E-state index in [1.165, 1.54) is 16.0 Å². The van der Waals surface area contributed by atoms with E-state index in [2.05, 4.69) is 5.10 Å². The molecule has 3 rings (SSSR count). The monoisotopic (exact) mass is 453 g/mol. The van der Waals surface area contributed by atoms with Crippen LogP contribution in [0, 0.1) is 11.2 Å². The molecule has 2 amide bonds. The molecule has 0 fully saturated rings. The number of ether oxygens (including phenoxy) is 1. The number of methoxy groups -OCH3 is 1. The number of hydrogen-bond donors (Lipinski definition) is 0. The Kier molecular flexibility index (Phi) is 7.97. The van der Waals surface area contributed by atoms with Crippen LogP contribution in [0.2, 0.25) is 0 Å². The molecule has 1 aliphatic rings. The summed E-state index contributed by atoms with van der Waals surface area (Å²) in [7, 11) is 1.56. The van der Waals surface area contributed by atoms with Gasteiger partial charge >= 0.3 is 0 Å². The molecule has 0 aliphatic carbocycles. The van der Waals surface area contributed by atoms with E-state index in [0.29, 0.717) is 37.3 Å². The highest BCUT2D eigenvalue weighted by atomic mass is 19.1. The number of amides is 2. The normalized spacial score (nSPS) is 16.0. The molecule has 0 bridgehead atoms. The second kappa shape index (κ2) is 10.7. The highest BCUT2D eigenvalue weighted by molar-refractivity contribution is 6.03. The van der Waals surface area contributed by atoms with Crippen molar-refractivity contribution in [3.8, 4) is 0 Å². The van der Waals surface area contributed by atoms with E-state index in [1.807, 2.05) is 51.1 Å². The number of carbonyl (C=O) groups is 2. The molecule has 6 nitrogen and oxygen atoms in total. The lowest BCUT2D eigenvalue weighted by atomic mass is 9.91. The fourth-order valence-corrected chi connectivity index (χ4v) is 3.83.